The van der Waals surface area contributed by atoms with Gasteiger partial charge in [0.25, 0.3) is 0 Å². The fourth-order valence-electron chi connectivity index (χ4n) is 0.631. The minimum Gasteiger partial charge on any atom is -0.445 e. The van der Waals surface area contributed by atoms with Crippen molar-refractivity contribution in [3.8, 4) is 0 Å². The second kappa shape index (κ2) is 3.00. The van der Waals surface area contributed by atoms with Gasteiger partial charge in [-0.05, 0) is 32.2 Å². The summed E-state index contributed by atoms with van der Waals surface area (Å²) in [6.45, 7) is -4.90. The van der Waals surface area contributed by atoms with Gasteiger partial charge in [-0.15, -0.1) is 0 Å². The summed E-state index contributed by atoms with van der Waals surface area (Å²) >= 11 is 1.64. The summed E-state index contributed by atoms with van der Waals surface area (Å²) in [7, 11) is 0. The van der Waals surface area contributed by atoms with E-state index in [4.69, 9.17) is 0 Å². The van der Waals surface area contributed by atoms with Gasteiger partial charge in [-0.1, -0.05) is 5.46 Å². The van der Waals surface area contributed by atoms with Crippen LogP contribution in [0.4, 0.5) is 12.9 Å². The van der Waals surface area contributed by atoms with E-state index in [1.165, 1.54) is 12.3 Å². The number of halogens is 4. The van der Waals surface area contributed by atoms with Crippen LogP contribution in [0.25, 0.3) is 0 Å². The van der Waals surface area contributed by atoms with Gasteiger partial charge in [0.05, 0.1) is 0 Å². The summed E-state index contributed by atoms with van der Waals surface area (Å²) in [5.41, 5.74) is -0.617. The molecule has 1 rings (SSSR count). The van der Waals surface area contributed by atoms with E-state index in [2.05, 4.69) is 4.98 Å². The van der Waals surface area contributed by atoms with Crippen LogP contribution in [0.5, 0.6) is 0 Å². The van der Waals surface area contributed by atoms with Crippen molar-refractivity contribution < 1.29 is 12.9 Å². The first-order chi connectivity index (χ1) is 5.02. The summed E-state index contributed by atoms with van der Waals surface area (Å²) in [5.74, 6) is 0. The monoisotopic (exact) mass is 272 g/mol. The maximum absolute atomic E-state index is 12.1. The van der Waals surface area contributed by atoms with Crippen LogP contribution in [0.15, 0.2) is 18.5 Å². The molecule has 1 aromatic rings. The van der Waals surface area contributed by atoms with Crippen LogP contribution < -0.4 is 5.46 Å². The zero-order valence-corrected chi connectivity index (χ0v) is 7.43. The van der Waals surface area contributed by atoms with Crippen LogP contribution in [-0.2, 0) is 0 Å². The maximum Gasteiger partial charge on any atom is 0.512 e. The third kappa shape index (κ3) is 2.08. The Bertz CT molecular complexity index is 262. The highest BCUT2D eigenvalue weighted by molar-refractivity contribution is 14.1. The smallest absolute Gasteiger partial charge is 0.445 e. The van der Waals surface area contributed by atoms with Crippen LogP contribution in [0.3, 0.4) is 0 Å². The molecule has 0 amide bonds. The van der Waals surface area contributed by atoms with Crippen molar-refractivity contribution in [3.63, 3.8) is 0 Å². The van der Waals surface area contributed by atoms with E-state index in [-0.39, 0.29) is 3.57 Å². The lowest BCUT2D eigenvalue weighted by Gasteiger charge is -2.15. The first-order valence-electron chi connectivity index (χ1n) is 2.81. The molecule has 0 saturated heterocycles. The molecule has 1 aromatic heterocycles. The second-order valence-corrected chi connectivity index (χ2v) is 3.13. The Morgan fingerprint density at radius 3 is 2.36 bits per heavy atom. The van der Waals surface area contributed by atoms with Crippen molar-refractivity contribution in [3.05, 3.63) is 22.0 Å². The molecular weight excluding hydrogens is 269 g/mol. The van der Waals surface area contributed by atoms with Crippen LogP contribution >= 0.6 is 22.6 Å². The van der Waals surface area contributed by atoms with E-state index in [0.717, 1.165) is 6.20 Å². The second-order valence-electron chi connectivity index (χ2n) is 1.97. The fraction of sp³-hybridized carbons (Fsp3) is 0. The molecule has 0 fully saturated rings. The van der Waals surface area contributed by atoms with E-state index < -0.39 is 12.4 Å². The predicted molar refractivity (Wildman–Crippen MR) is 45.7 cm³/mol. The van der Waals surface area contributed by atoms with Crippen LogP contribution in [0, 0.1) is 3.57 Å². The third-order valence-electron chi connectivity index (χ3n) is 1.15. The minimum atomic E-state index is -4.90. The van der Waals surface area contributed by atoms with Crippen LogP contribution in [-0.4, -0.2) is 12.0 Å². The van der Waals surface area contributed by atoms with Gasteiger partial charge in [0.2, 0.25) is 0 Å². The topological polar surface area (TPSA) is 12.9 Å². The van der Waals surface area contributed by atoms with Crippen molar-refractivity contribution in [2.45, 2.75) is 0 Å². The highest BCUT2D eigenvalue weighted by Gasteiger charge is 2.27. The lowest BCUT2D eigenvalue weighted by Crippen LogP contribution is -2.36. The summed E-state index contributed by atoms with van der Waals surface area (Å²) in [6, 6.07) is 1.34. The van der Waals surface area contributed by atoms with Crippen LogP contribution in [0.1, 0.15) is 0 Å². The molecule has 6 heteroatoms. The van der Waals surface area contributed by atoms with E-state index in [9.17, 15) is 12.9 Å². The zero-order chi connectivity index (χ0) is 8.48. The molecule has 0 saturated carbocycles. The first kappa shape index (κ1) is 8.83. The number of nitrogens with zero attached hydrogens (tertiary/aromatic N) is 1. The number of rotatable bonds is 1. The molecule has 0 aromatic carbocycles. The molecule has 0 aliphatic rings. The normalized spacial score (nSPS) is 11.6. The molecule has 0 unspecified atom stereocenters. The Balaban J connectivity index is 3.14. The molecule has 1 heterocycles. The highest BCUT2D eigenvalue weighted by Crippen LogP contribution is 2.12. The summed E-state index contributed by atoms with van der Waals surface area (Å²) in [5, 5.41) is 0. The Morgan fingerprint density at radius 1 is 1.36 bits per heavy atom. The van der Waals surface area contributed by atoms with Gasteiger partial charge < -0.3 is 12.9 Å². The number of pyridine rings is 1. The van der Waals surface area contributed by atoms with Gasteiger partial charge in [0.1, 0.15) is 0 Å². The quantitative estimate of drug-likeness (QED) is 0.560. The SMILES string of the molecule is F[B-](F)(F)c1cnccc1I. The molecule has 0 spiro atoms. The average molecular weight is 272 g/mol. The number of hydrogen-bond acceptors (Lipinski definition) is 1. The average Bonchev–Trinajstić information content (AvgIpc) is 1.86. The molecule has 11 heavy (non-hydrogen) atoms. The van der Waals surface area contributed by atoms with E-state index in [0.29, 0.717) is 0 Å². The molecule has 0 atom stereocenters. The van der Waals surface area contributed by atoms with E-state index >= 15 is 0 Å². The van der Waals surface area contributed by atoms with Gasteiger partial charge >= 0.3 is 6.98 Å². The van der Waals surface area contributed by atoms with Crippen molar-refractivity contribution in [1.82, 2.24) is 4.98 Å². The Kier molecular flexibility index (Phi) is 2.41. The van der Waals surface area contributed by atoms with E-state index in [1.807, 2.05) is 0 Å². The molecular formula is C5H3BF3IN-. The lowest BCUT2D eigenvalue weighted by atomic mass is 9.82. The fourth-order valence-corrected chi connectivity index (χ4v) is 1.28. The molecule has 0 N–H and O–H groups in total. The molecule has 0 radical (unpaired) electrons. The van der Waals surface area contributed by atoms with Gasteiger partial charge in [-0.25, -0.2) is 0 Å². The lowest BCUT2D eigenvalue weighted by molar-refractivity contribution is 0.500. The Hall–Kier alpha value is -0.265. The van der Waals surface area contributed by atoms with Crippen molar-refractivity contribution in [2.24, 2.45) is 0 Å². The van der Waals surface area contributed by atoms with Gasteiger partial charge in [-0.3, -0.25) is 4.98 Å². The number of hydrogen-bond donors (Lipinski definition) is 0. The summed E-state index contributed by atoms with van der Waals surface area (Å²) < 4.78 is 36.4. The predicted octanol–water partition coefficient (Wildman–Crippen LogP) is 1.74. The maximum atomic E-state index is 12.1. The first-order valence-corrected chi connectivity index (χ1v) is 3.89. The summed E-state index contributed by atoms with van der Waals surface area (Å²) in [4.78, 5) is 3.40. The summed E-state index contributed by atoms with van der Waals surface area (Å²) in [6.07, 6.45) is 2.19. The largest absolute Gasteiger partial charge is 0.512 e. The molecule has 0 aliphatic heterocycles. The number of aromatic nitrogens is 1. The highest BCUT2D eigenvalue weighted by atomic mass is 127. The third-order valence-corrected chi connectivity index (χ3v) is 2.13. The molecule has 60 valence electrons. The standard InChI is InChI=1S/C5H3BF3IN/c7-6(8,9)4-3-11-2-1-5(4)10/h1-3H/q-1. The van der Waals surface area contributed by atoms with Crippen molar-refractivity contribution in [1.29, 1.82) is 0 Å². The van der Waals surface area contributed by atoms with Gasteiger partial charge in [0.15, 0.2) is 0 Å². The van der Waals surface area contributed by atoms with Gasteiger partial charge in [-0.2, -0.15) is 0 Å². The molecule has 1 nitrogen and oxygen atoms in total. The molecule has 0 aliphatic carbocycles. The van der Waals surface area contributed by atoms with Gasteiger partial charge in [0, 0.05) is 12.4 Å². The van der Waals surface area contributed by atoms with Crippen molar-refractivity contribution in [2.75, 3.05) is 0 Å². The minimum absolute atomic E-state index is 0.199. The van der Waals surface area contributed by atoms with E-state index in [1.54, 1.807) is 22.6 Å². The van der Waals surface area contributed by atoms with Crippen LogP contribution in [0.2, 0.25) is 0 Å². The molecule has 0 bridgehead atoms. The Morgan fingerprint density at radius 2 is 2.00 bits per heavy atom. The van der Waals surface area contributed by atoms with Crippen molar-refractivity contribution >= 4 is 35.0 Å². The zero-order valence-electron chi connectivity index (χ0n) is 5.27. The Labute approximate surface area is 75.2 Å².